The van der Waals surface area contributed by atoms with E-state index in [1.165, 1.54) is 10.8 Å². The molecule has 0 aliphatic rings. The molecule has 0 aromatic heterocycles. The molecule has 8 aromatic carbocycles. The SMILES string of the molecule is CC(C)O.Oc1ccc2ccccc2c1-c1cccc2ccccc12.Oc1ccc2ccccc2c1-c1cccc2ccccc12.[Ti]. The number of fused-ring (bicyclic) bond motifs is 4. The van der Waals surface area contributed by atoms with Gasteiger partial charge in [0, 0.05) is 38.9 Å². The van der Waals surface area contributed by atoms with Crippen molar-refractivity contribution in [3.05, 3.63) is 158 Å². The van der Waals surface area contributed by atoms with Gasteiger partial charge < -0.3 is 15.3 Å². The first-order valence-corrected chi connectivity index (χ1v) is 15.5. The van der Waals surface area contributed by atoms with Crippen LogP contribution in [0.4, 0.5) is 0 Å². The minimum absolute atomic E-state index is 0. The van der Waals surface area contributed by atoms with Gasteiger partial charge in [0.15, 0.2) is 0 Å². The van der Waals surface area contributed by atoms with Crippen LogP contribution in [0.2, 0.25) is 0 Å². The standard InChI is InChI=1S/2C20H14O.C3H8O.Ti/c2*21-19-13-12-15-7-2-4-10-17(15)20(19)18-11-5-8-14-6-1-3-9-16(14)18;1-3(2)4;/h2*1-13,21H;3-4H,1-2H3;. The maximum atomic E-state index is 10.4. The monoisotopic (exact) mass is 648 g/mol. The van der Waals surface area contributed by atoms with Crippen molar-refractivity contribution in [1.82, 2.24) is 0 Å². The largest absolute Gasteiger partial charge is 0.507 e. The second-order valence-electron chi connectivity index (χ2n) is 11.5. The zero-order valence-electron chi connectivity index (χ0n) is 26.4. The van der Waals surface area contributed by atoms with E-state index in [1.54, 1.807) is 26.0 Å². The molecule has 0 bridgehead atoms. The van der Waals surface area contributed by atoms with Crippen LogP contribution in [0.3, 0.4) is 0 Å². The Kier molecular flexibility index (Phi) is 10.7. The number of phenols is 2. The van der Waals surface area contributed by atoms with Gasteiger partial charge in [0.1, 0.15) is 11.5 Å². The molecule has 0 radical (unpaired) electrons. The zero-order chi connectivity index (χ0) is 32.0. The molecule has 0 amide bonds. The van der Waals surface area contributed by atoms with Gasteiger partial charge in [-0.3, -0.25) is 0 Å². The fourth-order valence-corrected chi connectivity index (χ4v) is 5.97. The van der Waals surface area contributed by atoms with Gasteiger partial charge in [-0.1, -0.05) is 146 Å². The first-order chi connectivity index (χ1) is 22.4. The van der Waals surface area contributed by atoms with E-state index in [4.69, 9.17) is 5.11 Å². The molecule has 0 aliphatic heterocycles. The van der Waals surface area contributed by atoms with Crippen LogP contribution in [-0.4, -0.2) is 21.4 Å². The number of rotatable bonds is 2. The summed E-state index contributed by atoms with van der Waals surface area (Å²) in [6, 6.07) is 52.8. The molecular weight excluding hydrogens is 612 g/mol. The summed E-state index contributed by atoms with van der Waals surface area (Å²) in [5.41, 5.74) is 3.96. The molecule has 47 heavy (non-hydrogen) atoms. The Balaban J connectivity index is 0.000000163. The van der Waals surface area contributed by atoms with Gasteiger partial charge in [-0.15, -0.1) is 0 Å². The van der Waals surface area contributed by atoms with Crippen molar-refractivity contribution in [3.63, 3.8) is 0 Å². The molecule has 8 rings (SSSR count). The molecule has 0 fully saturated rings. The van der Waals surface area contributed by atoms with Crippen molar-refractivity contribution in [1.29, 1.82) is 0 Å². The first-order valence-electron chi connectivity index (χ1n) is 15.5. The second-order valence-corrected chi connectivity index (χ2v) is 11.5. The number of aliphatic hydroxyl groups excluding tert-OH is 1. The fraction of sp³-hybridized carbons (Fsp3) is 0.0698. The van der Waals surface area contributed by atoms with Crippen LogP contribution in [-0.2, 0) is 21.7 Å². The summed E-state index contributed by atoms with van der Waals surface area (Å²) in [7, 11) is 0. The van der Waals surface area contributed by atoms with Crippen molar-refractivity contribution in [2.45, 2.75) is 20.0 Å². The summed E-state index contributed by atoms with van der Waals surface area (Å²) in [4.78, 5) is 0. The summed E-state index contributed by atoms with van der Waals surface area (Å²) in [6.07, 6.45) is -0.167. The van der Waals surface area contributed by atoms with Crippen molar-refractivity contribution >= 4 is 43.1 Å². The third-order valence-electron chi connectivity index (χ3n) is 7.93. The predicted molar refractivity (Wildman–Crippen MR) is 194 cm³/mol. The van der Waals surface area contributed by atoms with E-state index in [1.807, 2.05) is 72.8 Å². The summed E-state index contributed by atoms with van der Waals surface area (Å²) in [5, 5.41) is 38.0. The fourth-order valence-electron chi connectivity index (χ4n) is 5.97. The van der Waals surface area contributed by atoms with Crippen LogP contribution in [0.25, 0.3) is 65.3 Å². The van der Waals surface area contributed by atoms with Gasteiger partial charge in [0.05, 0.1) is 0 Å². The summed E-state index contributed by atoms with van der Waals surface area (Å²) >= 11 is 0. The Morgan fingerprint density at radius 1 is 0.362 bits per heavy atom. The van der Waals surface area contributed by atoms with Crippen molar-refractivity contribution in [2.24, 2.45) is 0 Å². The van der Waals surface area contributed by atoms with E-state index >= 15 is 0 Å². The van der Waals surface area contributed by atoms with Crippen LogP contribution in [0.5, 0.6) is 11.5 Å². The topological polar surface area (TPSA) is 60.7 Å². The number of hydrogen-bond donors (Lipinski definition) is 3. The molecule has 0 spiro atoms. The van der Waals surface area contributed by atoms with Crippen molar-refractivity contribution in [3.8, 4) is 33.8 Å². The molecule has 230 valence electrons. The normalized spacial score (nSPS) is 10.6. The quantitative estimate of drug-likeness (QED) is 0.164. The molecule has 0 saturated heterocycles. The number of benzene rings is 8. The Bertz CT molecular complexity index is 2120. The minimum Gasteiger partial charge on any atom is -0.507 e. The van der Waals surface area contributed by atoms with E-state index in [0.717, 1.165) is 54.6 Å². The molecule has 0 saturated carbocycles. The van der Waals surface area contributed by atoms with Crippen molar-refractivity contribution < 1.29 is 37.0 Å². The Morgan fingerprint density at radius 3 is 1.00 bits per heavy atom. The maximum absolute atomic E-state index is 10.4. The average molecular weight is 649 g/mol. The number of aliphatic hydroxyl groups is 1. The Labute approximate surface area is 290 Å². The van der Waals surface area contributed by atoms with Crippen LogP contribution >= 0.6 is 0 Å². The van der Waals surface area contributed by atoms with Gasteiger partial charge in [0.25, 0.3) is 0 Å². The summed E-state index contributed by atoms with van der Waals surface area (Å²) < 4.78 is 0. The van der Waals surface area contributed by atoms with Crippen LogP contribution in [0, 0.1) is 0 Å². The van der Waals surface area contributed by atoms with Gasteiger partial charge in [-0.2, -0.15) is 0 Å². The van der Waals surface area contributed by atoms with E-state index in [-0.39, 0.29) is 27.8 Å². The van der Waals surface area contributed by atoms with Crippen molar-refractivity contribution in [2.75, 3.05) is 0 Å². The molecule has 3 N–H and O–H groups in total. The zero-order valence-corrected chi connectivity index (χ0v) is 28.0. The molecule has 8 aromatic rings. The summed E-state index contributed by atoms with van der Waals surface area (Å²) in [6.45, 7) is 3.44. The third kappa shape index (κ3) is 7.24. The third-order valence-corrected chi connectivity index (χ3v) is 7.93. The average Bonchev–Trinajstić information content (AvgIpc) is 3.08. The first kappa shape index (κ1) is 33.4. The molecule has 4 heteroatoms. The number of hydrogen-bond acceptors (Lipinski definition) is 3. The van der Waals surface area contributed by atoms with Gasteiger partial charge >= 0.3 is 0 Å². The van der Waals surface area contributed by atoms with E-state index in [9.17, 15) is 10.2 Å². The van der Waals surface area contributed by atoms with E-state index in [2.05, 4.69) is 72.8 Å². The molecule has 0 atom stereocenters. The summed E-state index contributed by atoms with van der Waals surface area (Å²) in [5.74, 6) is 0.648. The van der Waals surface area contributed by atoms with Crippen LogP contribution < -0.4 is 0 Å². The Hall–Kier alpha value is -4.93. The second kappa shape index (κ2) is 15.1. The molecular formula is C43H36O3Ti. The molecule has 0 heterocycles. The number of phenolic OH excluding ortho intramolecular Hbond substituents is 2. The minimum atomic E-state index is -0.167. The smallest absolute Gasteiger partial charge is 0.124 e. The van der Waals surface area contributed by atoms with Gasteiger partial charge in [0.2, 0.25) is 0 Å². The molecule has 0 aliphatic carbocycles. The van der Waals surface area contributed by atoms with E-state index < -0.39 is 0 Å². The molecule has 0 unspecified atom stereocenters. The van der Waals surface area contributed by atoms with Crippen LogP contribution in [0.1, 0.15) is 13.8 Å². The van der Waals surface area contributed by atoms with Gasteiger partial charge in [-0.05, 0) is 80.2 Å². The van der Waals surface area contributed by atoms with Crippen LogP contribution in [0.15, 0.2) is 158 Å². The van der Waals surface area contributed by atoms with Gasteiger partial charge in [-0.25, -0.2) is 0 Å². The predicted octanol–water partition coefficient (Wildman–Crippen LogP) is 11.1. The number of aromatic hydroxyl groups is 2. The Morgan fingerprint density at radius 2 is 0.638 bits per heavy atom. The maximum Gasteiger partial charge on any atom is 0.124 e. The molecule has 3 nitrogen and oxygen atoms in total. The van der Waals surface area contributed by atoms with E-state index in [0.29, 0.717) is 11.5 Å².